The van der Waals surface area contributed by atoms with E-state index < -0.39 is 17.9 Å². The van der Waals surface area contributed by atoms with Gasteiger partial charge in [0.25, 0.3) is 11.8 Å². The Balaban J connectivity index is 1.26. The first-order valence-corrected chi connectivity index (χ1v) is 12.2. The van der Waals surface area contributed by atoms with E-state index in [9.17, 15) is 9.59 Å². The molecule has 1 heterocycles. The highest BCUT2D eigenvalue weighted by molar-refractivity contribution is 8.00. The van der Waals surface area contributed by atoms with Crippen molar-refractivity contribution in [2.24, 2.45) is 0 Å². The van der Waals surface area contributed by atoms with Crippen molar-refractivity contribution in [3.63, 3.8) is 0 Å². The Hall–Kier alpha value is -3.87. The number of ether oxygens (including phenoxy) is 1. The number of carbonyl (C=O) groups excluding carboxylic acids is 2. The van der Waals surface area contributed by atoms with Gasteiger partial charge in [0.05, 0.1) is 15.8 Å². The fourth-order valence-corrected chi connectivity index (χ4v) is 5.03. The summed E-state index contributed by atoms with van der Waals surface area (Å²) in [5.41, 5.74) is 7.54. The molecular formula is C25H20N4O3S2. The molecular weight excluding hydrogens is 468 g/mol. The minimum absolute atomic E-state index is 0.304. The van der Waals surface area contributed by atoms with Crippen LogP contribution in [0.1, 0.15) is 28.4 Å². The standard InChI is InChI=1S/C25H20N4O3S2/c1-16(32-21-8-4-2-6-19(21)14-26)23(30)28-29-24(31)18-12-10-17(11-13-18)15-33-25-27-20-7-3-5-9-22(20)34-25/h2-13,16H,15H2,1H3,(H,28,30)(H,29,31). The average Bonchev–Trinajstić information content (AvgIpc) is 3.29. The van der Waals surface area contributed by atoms with Gasteiger partial charge in [-0.05, 0) is 48.9 Å². The molecule has 4 aromatic rings. The number of nitriles is 1. The number of aromatic nitrogens is 1. The zero-order valence-electron chi connectivity index (χ0n) is 18.1. The third-order valence-electron chi connectivity index (χ3n) is 4.83. The van der Waals surface area contributed by atoms with E-state index in [1.807, 2.05) is 36.4 Å². The highest BCUT2D eigenvalue weighted by Crippen LogP contribution is 2.31. The normalized spacial score (nSPS) is 11.4. The van der Waals surface area contributed by atoms with Gasteiger partial charge in [-0.2, -0.15) is 5.26 Å². The number of thiazole rings is 1. The van der Waals surface area contributed by atoms with Crippen LogP contribution in [0.2, 0.25) is 0 Å². The van der Waals surface area contributed by atoms with Crippen molar-refractivity contribution in [2.45, 2.75) is 23.1 Å². The largest absolute Gasteiger partial charge is 0.479 e. The third kappa shape index (κ3) is 5.73. The zero-order valence-corrected chi connectivity index (χ0v) is 19.8. The molecule has 34 heavy (non-hydrogen) atoms. The molecule has 3 aromatic carbocycles. The van der Waals surface area contributed by atoms with Crippen LogP contribution in [0.15, 0.2) is 77.1 Å². The molecule has 1 aromatic heterocycles. The van der Waals surface area contributed by atoms with Crippen LogP contribution in [0.3, 0.4) is 0 Å². The Labute approximate surface area is 204 Å². The van der Waals surface area contributed by atoms with Crippen LogP contribution in [0.25, 0.3) is 10.2 Å². The second-order valence-corrected chi connectivity index (χ2v) is 9.50. The summed E-state index contributed by atoms with van der Waals surface area (Å²) in [6.07, 6.45) is -0.906. The van der Waals surface area contributed by atoms with Crippen molar-refractivity contribution in [3.8, 4) is 11.8 Å². The van der Waals surface area contributed by atoms with Crippen molar-refractivity contribution in [1.82, 2.24) is 15.8 Å². The molecule has 0 aliphatic rings. The summed E-state index contributed by atoms with van der Waals surface area (Å²) in [6, 6.07) is 23.8. The molecule has 170 valence electrons. The Morgan fingerprint density at radius 2 is 1.79 bits per heavy atom. The van der Waals surface area contributed by atoms with Gasteiger partial charge in [0.1, 0.15) is 11.8 Å². The quantitative estimate of drug-likeness (QED) is 0.289. The number of para-hydroxylation sites is 2. The van der Waals surface area contributed by atoms with Crippen molar-refractivity contribution >= 4 is 45.1 Å². The molecule has 0 saturated carbocycles. The number of thioether (sulfide) groups is 1. The topological polar surface area (TPSA) is 104 Å². The summed E-state index contributed by atoms with van der Waals surface area (Å²) >= 11 is 3.31. The van der Waals surface area contributed by atoms with Crippen LogP contribution < -0.4 is 15.6 Å². The van der Waals surface area contributed by atoms with E-state index in [2.05, 4.69) is 21.9 Å². The second kappa shape index (κ2) is 10.8. The Morgan fingerprint density at radius 3 is 2.56 bits per heavy atom. The predicted molar refractivity (Wildman–Crippen MR) is 132 cm³/mol. The van der Waals surface area contributed by atoms with Crippen LogP contribution in [0.5, 0.6) is 5.75 Å². The lowest BCUT2D eigenvalue weighted by Crippen LogP contribution is -2.47. The summed E-state index contributed by atoms with van der Waals surface area (Å²) in [6.45, 7) is 1.54. The number of amides is 2. The van der Waals surface area contributed by atoms with Gasteiger partial charge in [0.2, 0.25) is 0 Å². The number of hydrazine groups is 1. The lowest BCUT2D eigenvalue weighted by atomic mass is 10.1. The first kappa shape index (κ1) is 23.3. The fraction of sp³-hybridized carbons (Fsp3) is 0.120. The van der Waals surface area contributed by atoms with Crippen molar-refractivity contribution < 1.29 is 14.3 Å². The van der Waals surface area contributed by atoms with Gasteiger partial charge < -0.3 is 4.74 Å². The monoisotopic (exact) mass is 488 g/mol. The average molecular weight is 489 g/mol. The van der Waals surface area contributed by atoms with E-state index in [1.165, 1.54) is 6.92 Å². The molecule has 7 nitrogen and oxygen atoms in total. The molecule has 0 bridgehead atoms. The highest BCUT2D eigenvalue weighted by atomic mass is 32.2. The number of nitrogens with zero attached hydrogens (tertiary/aromatic N) is 2. The van der Waals surface area contributed by atoms with E-state index in [4.69, 9.17) is 10.00 Å². The van der Waals surface area contributed by atoms with Gasteiger partial charge >= 0.3 is 0 Å². The van der Waals surface area contributed by atoms with E-state index in [0.29, 0.717) is 16.9 Å². The first-order valence-electron chi connectivity index (χ1n) is 10.4. The van der Waals surface area contributed by atoms with E-state index in [0.717, 1.165) is 25.9 Å². The first-order chi connectivity index (χ1) is 16.5. The molecule has 0 spiro atoms. The predicted octanol–water partition coefficient (Wildman–Crippen LogP) is 4.69. The number of rotatable bonds is 7. The van der Waals surface area contributed by atoms with Crippen LogP contribution in [-0.2, 0) is 10.5 Å². The molecule has 2 N–H and O–H groups in total. The van der Waals surface area contributed by atoms with E-state index in [-0.39, 0.29) is 0 Å². The molecule has 1 unspecified atom stereocenters. The van der Waals surface area contributed by atoms with Crippen molar-refractivity contribution in [3.05, 3.63) is 89.5 Å². The molecule has 0 aliphatic carbocycles. The lowest BCUT2D eigenvalue weighted by Gasteiger charge is -2.16. The van der Waals surface area contributed by atoms with Gasteiger partial charge in [0.15, 0.2) is 10.4 Å². The number of hydrogen-bond donors (Lipinski definition) is 2. The second-order valence-electron chi connectivity index (χ2n) is 7.24. The minimum Gasteiger partial charge on any atom is -0.479 e. The molecule has 1 atom stereocenters. The SMILES string of the molecule is CC(Oc1ccccc1C#N)C(=O)NNC(=O)c1ccc(CSc2nc3ccccc3s2)cc1. The maximum Gasteiger partial charge on any atom is 0.279 e. The van der Waals surface area contributed by atoms with Crippen LogP contribution in [0, 0.1) is 11.3 Å². The number of nitrogens with one attached hydrogen (secondary N) is 2. The summed E-state index contributed by atoms with van der Waals surface area (Å²) in [7, 11) is 0. The third-order valence-corrected chi connectivity index (χ3v) is 7.08. The van der Waals surface area contributed by atoms with Gasteiger partial charge in [-0.25, -0.2) is 4.98 Å². The fourth-order valence-electron chi connectivity index (χ4n) is 3.01. The Morgan fingerprint density at radius 1 is 1.06 bits per heavy atom. The minimum atomic E-state index is -0.906. The molecule has 0 saturated heterocycles. The lowest BCUT2D eigenvalue weighted by molar-refractivity contribution is -0.128. The van der Waals surface area contributed by atoms with E-state index in [1.54, 1.807) is 59.5 Å². The summed E-state index contributed by atoms with van der Waals surface area (Å²) in [5.74, 6) is 0.0592. The summed E-state index contributed by atoms with van der Waals surface area (Å²) in [4.78, 5) is 29.3. The van der Waals surface area contributed by atoms with Crippen molar-refractivity contribution in [1.29, 1.82) is 5.26 Å². The van der Waals surface area contributed by atoms with E-state index >= 15 is 0 Å². The number of fused-ring (bicyclic) bond motifs is 1. The molecule has 4 rings (SSSR count). The zero-order chi connectivity index (χ0) is 23.9. The molecule has 9 heteroatoms. The van der Waals surface area contributed by atoms with Gasteiger partial charge in [-0.1, -0.05) is 48.2 Å². The molecule has 0 radical (unpaired) electrons. The van der Waals surface area contributed by atoms with Crippen LogP contribution in [-0.4, -0.2) is 22.9 Å². The van der Waals surface area contributed by atoms with Gasteiger partial charge in [0, 0.05) is 11.3 Å². The highest BCUT2D eigenvalue weighted by Gasteiger charge is 2.17. The smallest absolute Gasteiger partial charge is 0.279 e. The maximum atomic E-state index is 12.4. The molecule has 2 amide bonds. The van der Waals surface area contributed by atoms with Gasteiger partial charge in [-0.15, -0.1) is 11.3 Å². The number of carbonyl (C=O) groups is 2. The maximum absolute atomic E-state index is 12.4. The molecule has 0 fully saturated rings. The van der Waals surface area contributed by atoms with Crippen molar-refractivity contribution in [2.75, 3.05) is 0 Å². The van der Waals surface area contributed by atoms with Crippen LogP contribution in [0.4, 0.5) is 0 Å². The van der Waals surface area contributed by atoms with Crippen LogP contribution >= 0.6 is 23.1 Å². The van der Waals surface area contributed by atoms with Gasteiger partial charge in [-0.3, -0.25) is 20.4 Å². The number of benzene rings is 3. The number of hydrogen-bond acceptors (Lipinski definition) is 7. The Bertz CT molecular complexity index is 1330. The Kier molecular flexibility index (Phi) is 7.42. The summed E-state index contributed by atoms with van der Waals surface area (Å²) < 4.78 is 7.70. The summed E-state index contributed by atoms with van der Waals surface area (Å²) in [5, 5.41) is 9.12. The molecule has 0 aliphatic heterocycles.